The lowest BCUT2D eigenvalue weighted by atomic mass is 9.94. The summed E-state index contributed by atoms with van der Waals surface area (Å²) in [6.45, 7) is 5.06. The molecular weight excluding hydrogens is 166 g/mol. The van der Waals surface area contributed by atoms with E-state index < -0.39 is 0 Å². The Balaban J connectivity index is 2.40. The summed E-state index contributed by atoms with van der Waals surface area (Å²) >= 11 is 0. The molecule has 1 aromatic heterocycles. The summed E-state index contributed by atoms with van der Waals surface area (Å²) in [5.74, 6) is 1.81. The zero-order valence-corrected chi connectivity index (χ0v) is 8.23. The van der Waals surface area contributed by atoms with Gasteiger partial charge in [0.15, 0.2) is 6.33 Å². The Kier molecular flexibility index (Phi) is 3.89. The third-order valence-electron chi connectivity index (χ3n) is 2.01. The van der Waals surface area contributed by atoms with Crippen LogP contribution >= 0.6 is 0 Å². The van der Waals surface area contributed by atoms with E-state index >= 15 is 0 Å². The zero-order chi connectivity index (χ0) is 9.68. The van der Waals surface area contributed by atoms with Crippen LogP contribution in [0.2, 0.25) is 0 Å². The molecule has 0 aromatic carbocycles. The van der Waals surface area contributed by atoms with Crippen molar-refractivity contribution in [1.29, 1.82) is 0 Å². The van der Waals surface area contributed by atoms with Gasteiger partial charge in [0.2, 0.25) is 5.89 Å². The SMILES string of the molecule is CC(C)CC(CN)Cc1ncno1. The predicted octanol–water partition coefficient (Wildman–Crippen LogP) is 1.23. The predicted molar refractivity (Wildman–Crippen MR) is 50.0 cm³/mol. The summed E-state index contributed by atoms with van der Waals surface area (Å²) in [6.07, 6.45) is 3.34. The molecule has 1 rings (SSSR count). The quantitative estimate of drug-likeness (QED) is 0.745. The molecule has 0 amide bonds. The van der Waals surface area contributed by atoms with E-state index in [-0.39, 0.29) is 0 Å². The van der Waals surface area contributed by atoms with E-state index in [0.717, 1.165) is 12.8 Å². The molecule has 0 bridgehead atoms. The molecule has 74 valence electrons. The number of hydrogen-bond acceptors (Lipinski definition) is 4. The van der Waals surface area contributed by atoms with Gasteiger partial charge in [0.05, 0.1) is 0 Å². The third-order valence-corrected chi connectivity index (χ3v) is 2.01. The molecule has 0 saturated heterocycles. The highest BCUT2D eigenvalue weighted by Crippen LogP contribution is 2.14. The molecule has 4 nitrogen and oxygen atoms in total. The van der Waals surface area contributed by atoms with Crippen LogP contribution in [-0.4, -0.2) is 16.7 Å². The van der Waals surface area contributed by atoms with Crippen LogP contribution in [0.25, 0.3) is 0 Å². The molecule has 2 N–H and O–H groups in total. The minimum atomic E-state index is 0.459. The molecule has 0 aliphatic carbocycles. The van der Waals surface area contributed by atoms with Crippen LogP contribution < -0.4 is 5.73 Å². The Morgan fingerprint density at radius 2 is 2.31 bits per heavy atom. The van der Waals surface area contributed by atoms with Crippen molar-refractivity contribution in [3.63, 3.8) is 0 Å². The van der Waals surface area contributed by atoms with Crippen molar-refractivity contribution in [1.82, 2.24) is 10.1 Å². The molecule has 4 heteroatoms. The molecule has 0 fully saturated rings. The lowest BCUT2D eigenvalue weighted by molar-refractivity contribution is 0.331. The second-order valence-corrected chi connectivity index (χ2v) is 3.77. The monoisotopic (exact) mass is 183 g/mol. The van der Waals surface area contributed by atoms with Crippen molar-refractivity contribution in [2.45, 2.75) is 26.7 Å². The van der Waals surface area contributed by atoms with Crippen LogP contribution in [0.5, 0.6) is 0 Å². The van der Waals surface area contributed by atoms with Gasteiger partial charge in [0.25, 0.3) is 0 Å². The first-order valence-electron chi connectivity index (χ1n) is 4.68. The van der Waals surface area contributed by atoms with Gasteiger partial charge in [0, 0.05) is 6.42 Å². The Bertz CT molecular complexity index is 221. The number of aromatic nitrogens is 2. The summed E-state index contributed by atoms with van der Waals surface area (Å²) in [4.78, 5) is 3.98. The maximum atomic E-state index is 5.65. The fourth-order valence-electron chi connectivity index (χ4n) is 1.46. The molecule has 0 aliphatic heterocycles. The summed E-state index contributed by atoms with van der Waals surface area (Å²) in [5.41, 5.74) is 5.65. The minimum Gasteiger partial charge on any atom is -0.340 e. The molecular formula is C9H17N3O. The van der Waals surface area contributed by atoms with E-state index in [4.69, 9.17) is 10.3 Å². The Morgan fingerprint density at radius 3 is 2.77 bits per heavy atom. The van der Waals surface area contributed by atoms with Gasteiger partial charge in [-0.05, 0) is 24.8 Å². The molecule has 13 heavy (non-hydrogen) atoms. The van der Waals surface area contributed by atoms with Crippen LogP contribution in [0.15, 0.2) is 10.9 Å². The average Bonchev–Trinajstić information content (AvgIpc) is 2.55. The van der Waals surface area contributed by atoms with Crippen LogP contribution in [0.1, 0.15) is 26.2 Å². The van der Waals surface area contributed by atoms with Crippen LogP contribution in [-0.2, 0) is 6.42 Å². The number of hydrogen-bond donors (Lipinski definition) is 1. The molecule has 0 spiro atoms. The van der Waals surface area contributed by atoms with Crippen LogP contribution in [0.4, 0.5) is 0 Å². The first-order valence-corrected chi connectivity index (χ1v) is 4.68. The van der Waals surface area contributed by atoms with E-state index in [1.807, 2.05) is 0 Å². The average molecular weight is 183 g/mol. The first-order chi connectivity index (χ1) is 6.22. The van der Waals surface area contributed by atoms with E-state index in [1.54, 1.807) is 0 Å². The lowest BCUT2D eigenvalue weighted by Gasteiger charge is -2.14. The van der Waals surface area contributed by atoms with E-state index in [2.05, 4.69) is 24.0 Å². The maximum absolute atomic E-state index is 5.65. The van der Waals surface area contributed by atoms with Gasteiger partial charge < -0.3 is 10.3 Å². The van der Waals surface area contributed by atoms with Gasteiger partial charge in [-0.3, -0.25) is 0 Å². The van der Waals surface area contributed by atoms with Gasteiger partial charge in [-0.25, -0.2) is 0 Å². The third kappa shape index (κ3) is 3.55. The Hall–Kier alpha value is -0.900. The van der Waals surface area contributed by atoms with E-state index in [0.29, 0.717) is 24.3 Å². The fourth-order valence-corrected chi connectivity index (χ4v) is 1.46. The number of nitrogens with two attached hydrogens (primary N) is 1. The van der Waals surface area contributed by atoms with Crippen LogP contribution in [0, 0.1) is 11.8 Å². The molecule has 0 radical (unpaired) electrons. The van der Waals surface area contributed by atoms with E-state index in [1.165, 1.54) is 6.33 Å². The van der Waals surface area contributed by atoms with Crippen molar-refractivity contribution < 1.29 is 4.52 Å². The second-order valence-electron chi connectivity index (χ2n) is 3.77. The smallest absolute Gasteiger partial charge is 0.226 e. The van der Waals surface area contributed by atoms with Crippen LogP contribution in [0.3, 0.4) is 0 Å². The van der Waals surface area contributed by atoms with Crippen molar-refractivity contribution in [3.05, 3.63) is 12.2 Å². The van der Waals surface area contributed by atoms with Gasteiger partial charge in [-0.1, -0.05) is 19.0 Å². The van der Waals surface area contributed by atoms with Crippen molar-refractivity contribution in [2.75, 3.05) is 6.54 Å². The Morgan fingerprint density at radius 1 is 1.54 bits per heavy atom. The summed E-state index contributed by atoms with van der Waals surface area (Å²) in [7, 11) is 0. The lowest BCUT2D eigenvalue weighted by Crippen LogP contribution is -2.18. The topological polar surface area (TPSA) is 64.9 Å². The van der Waals surface area contributed by atoms with Gasteiger partial charge in [-0.15, -0.1) is 0 Å². The Labute approximate surface area is 78.5 Å². The largest absolute Gasteiger partial charge is 0.340 e. The van der Waals surface area contributed by atoms with E-state index in [9.17, 15) is 0 Å². The minimum absolute atomic E-state index is 0.459. The molecule has 1 unspecified atom stereocenters. The van der Waals surface area contributed by atoms with Crippen molar-refractivity contribution in [3.8, 4) is 0 Å². The summed E-state index contributed by atoms with van der Waals surface area (Å²) in [6, 6.07) is 0. The summed E-state index contributed by atoms with van der Waals surface area (Å²) < 4.78 is 4.93. The van der Waals surface area contributed by atoms with Gasteiger partial charge in [0.1, 0.15) is 0 Å². The first kappa shape index (κ1) is 10.2. The summed E-state index contributed by atoms with van der Waals surface area (Å²) in [5, 5.41) is 3.56. The maximum Gasteiger partial charge on any atom is 0.226 e. The highest BCUT2D eigenvalue weighted by molar-refractivity contribution is 4.79. The van der Waals surface area contributed by atoms with Crippen molar-refractivity contribution >= 4 is 0 Å². The molecule has 1 atom stereocenters. The molecule has 1 heterocycles. The normalized spacial score (nSPS) is 13.5. The van der Waals surface area contributed by atoms with Crippen molar-refractivity contribution in [2.24, 2.45) is 17.6 Å². The zero-order valence-electron chi connectivity index (χ0n) is 8.23. The highest BCUT2D eigenvalue weighted by Gasteiger charge is 2.12. The highest BCUT2D eigenvalue weighted by atomic mass is 16.5. The fraction of sp³-hybridized carbons (Fsp3) is 0.778. The second kappa shape index (κ2) is 4.97. The molecule has 0 aliphatic rings. The standard InChI is InChI=1S/C9H17N3O/c1-7(2)3-8(5-10)4-9-11-6-12-13-9/h6-8H,3-5,10H2,1-2H3. The molecule has 1 aromatic rings. The van der Waals surface area contributed by atoms with Gasteiger partial charge >= 0.3 is 0 Å². The molecule has 0 saturated carbocycles. The van der Waals surface area contributed by atoms with Gasteiger partial charge in [-0.2, -0.15) is 4.98 Å². The number of rotatable bonds is 5. The number of nitrogens with zero attached hydrogens (tertiary/aromatic N) is 2.